The number of carbonyl (C=O) groups is 1. The molecule has 0 aromatic heterocycles. The standard InChI is InChI=1S/C23H21O2.C16H17.Co.O/c1-17-9-11-19(12-10-17)23(2,3)20-13-15-21(16-14-20)25-22(24)18-7-5-4-6-8-18;1-13-9-11-15(12-10-13)16(2,3)14-7-5-4-6-8-14;;/h5-16H,1-3H3;5-12H,1-3H3;;. The van der Waals surface area contributed by atoms with Crippen molar-refractivity contribution in [2.24, 2.45) is 0 Å². The molecule has 0 N–H and O–H groups in total. The number of esters is 1. The number of ether oxygens (including phenoxy) is 1. The molecular formula is C39H38CoO3. The number of carbonyl (C=O) groups excluding carboxylic acids is 1. The van der Waals surface area contributed by atoms with Crippen molar-refractivity contribution in [3.63, 3.8) is 0 Å². The van der Waals surface area contributed by atoms with Crippen molar-refractivity contribution in [2.75, 3.05) is 0 Å². The van der Waals surface area contributed by atoms with Crippen LogP contribution in [0.15, 0.2) is 121 Å². The Bertz CT molecular complexity index is 1730. The molecule has 0 amide bonds. The maximum atomic E-state index is 13.3. The fourth-order valence-corrected chi connectivity index (χ4v) is 6.45. The summed E-state index contributed by atoms with van der Waals surface area (Å²) in [5.74, 6) is 0.0341. The third kappa shape index (κ3) is 6.61. The molecule has 5 aromatic rings. The van der Waals surface area contributed by atoms with Gasteiger partial charge in [-0.15, -0.1) is 0 Å². The summed E-state index contributed by atoms with van der Waals surface area (Å²) in [5, 5.41) is 0. The molecule has 5 aromatic carbocycles. The van der Waals surface area contributed by atoms with E-state index in [1.54, 1.807) is 24.3 Å². The number of hydrogen-bond acceptors (Lipinski definition) is 3. The first kappa shape index (κ1) is 30.3. The van der Waals surface area contributed by atoms with Crippen LogP contribution in [0.5, 0.6) is 5.75 Å². The average Bonchev–Trinajstić information content (AvgIpc) is 3.01. The van der Waals surface area contributed by atoms with Crippen molar-refractivity contribution >= 4 is 15.0 Å². The molecule has 0 aliphatic heterocycles. The van der Waals surface area contributed by atoms with Crippen molar-refractivity contribution in [2.45, 2.75) is 52.4 Å². The number of aryl methyl sites for hydroxylation is 2. The van der Waals surface area contributed by atoms with E-state index in [1.807, 2.05) is 36.4 Å². The zero-order chi connectivity index (χ0) is 30.8. The molecule has 0 radical (unpaired) electrons. The normalized spacial score (nSPS) is 12.1. The molecule has 0 spiro atoms. The van der Waals surface area contributed by atoms with E-state index >= 15 is 0 Å². The number of benzene rings is 5. The van der Waals surface area contributed by atoms with Gasteiger partial charge in [-0.05, 0) is 6.92 Å². The second-order valence-corrected chi connectivity index (χ2v) is 14.0. The van der Waals surface area contributed by atoms with E-state index < -0.39 is 19.6 Å². The topological polar surface area (TPSA) is 43.4 Å². The zero-order valence-electron chi connectivity index (χ0n) is 25.6. The summed E-state index contributed by atoms with van der Waals surface area (Å²) in [6, 6.07) is 39.6. The van der Waals surface area contributed by atoms with Gasteiger partial charge in [0, 0.05) is 0 Å². The maximum Gasteiger partial charge on any atom is -0.0579 e. The van der Waals surface area contributed by atoms with Crippen LogP contribution in [0.4, 0.5) is 0 Å². The van der Waals surface area contributed by atoms with Crippen molar-refractivity contribution < 1.29 is 27.0 Å². The third-order valence-electron chi connectivity index (χ3n) is 8.30. The van der Waals surface area contributed by atoms with E-state index in [0.29, 0.717) is 15.8 Å². The molecule has 0 heterocycles. The van der Waals surface area contributed by atoms with Crippen LogP contribution in [-0.2, 0) is 28.3 Å². The fourth-order valence-electron chi connectivity index (χ4n) is 5.13. The summed E-state index contributed by atoms with van der Waals surface area (Å²) < 4.78 is 20.4. The van der Waals surface area contributed by atoms with Gasteiger partial charge in [0.2, 0.25) is 0 Å². The molecule has 4 heteroatoms. The van der Waals surface area contributed by atoms with Crippen LogP contribution in [0.1, 0.15) is 71.4 Å². The van der Waals surface area contributed by atoms with Gasteiger partial charge in [0.25, 0.3) is 0 Å². The number of hydrogen-bond donors (Lipinski definition) is 0. The minimum atomic E-state index is -1.77. The molecule has 0 saturated carbocycles. The Labute approximate surface area is 259 Å². The summed E-state index contributed by atoms with van der Waals surface area (Å²) >= 11 is -1.77. The minimum absolute atomic E-state index is 0.169. The fraction of sp³-hybridized carbons (Fsp3) is 0.205. The molecule has 0 fully saturated rings. The van der Waals surface area contributed by atoms with Crippen LogP contribution < -0.4 is 13.7 Å². The Kier molecular flexibility index (Phi) is 8.63. The molecule has 3 nitrogen and oxygen atoms in total. The minimum Gasteiger partial charge on any atom is -0.0590 e. The Morgan fingerprint density at radius 3 is 1.23 bits per heavy atom. The van der Waals surface area contributed by atoms with Gasteiger partial charge in [0.05, 0.1) is 0 Å². The van der Waals surface area contributed by atoms with Crippen LogP contribution >= 0.6 is 0 Å². The molecule has 0 aliphatic carbocycles. The Morgan fingerprint density at radius 1 is 0.512 bits per heavy atom. The van der Waals surface area contributed by atoms with Gasteiger partial charge in [-0.25, -0.2) is 0 Å². The van der Waals surface area contributed by atoms with E-state index in [-0.39, 0.29) is 10.8 Å². The van der Waals surface area contributed by atoms with E-state index in [1.165, 1.54) is 22.3 Å². The van der Waals surface area contributed by atoms with Crippen LogP contribution in [0.3, 0.4) is 0 Å². The summed E-state index contributed by atoms with van der Waals surface area (Å²) in [7, 11) is 0. The van der Waals surface area contributed by atoms with Crippen molar-refractivity contribution in [3.05, 3.63) is 160 Å². The summed E-state index contributed by atoms with van der Waals surface area (Å²) in [4.78, 5) is 12.9. The van der Waals surface area contributed by atoms with Gasteiger partial charge in [0.1, 0.15) is 0 Å². The van der Waals surface area contributed by atoms with Crippen molar-refractivity contribution in [1.29, 1.82) is 0 Å². The molecule has 0 atom stereocenters. The predicted octanol–water partition coefficient (Wildman–Crippen LogP) is 8.09. The van der Waals surface area contributed by atoms with E-state index in [0.717, 1.165) is 15.6 Å². The van der Waals surface area contributed by atoms with Gasteiger partial charge < -0.3 is 0 Å². The van der Waals surface area contributed by atoms with Crippen LogP contribution in [0, 0.1) is 13.8 Å². The van der Waals surface area contributed by atoms with Gasteiger partial charge in [-0.3, -0.25) is 0 Å². The molecule has 43 heavy (non-hydrogen) atoms. The quantitative estimate of drug-likeness (QED) is 0.131. The summed E-state index contributed by atoms with van der Waals surface area (Å²) in [5.41, 5.74) is 7.28. The molecule has 221 valence electrons. The second-order valence-electron chi connectivity index (χ2n) is 12.1. The average molecular weight is 614 g/mol. The van der Waals surface area contributed by atoms with Crippen LogP contribution in [0.25, 0.3) is 0 Å². The Hall–Kier alpha value is -4.12. The molecule has 0 unspecified atom stereocenters. The summed E-state index contributed by atoms with van der Waals surface area (Å²) in [6.07, 6.45) is 0. The van der Waals surface area contributed by atoms with Gasteiger partial charge in [-0.1, -0.05) is 29.8 Å². The smallest absolute Gasteiger partial charge is 0.0579 e. The predicted molar refractivity (Wildman–Crippen MR) is 171 cm³/mol. The third-order valence-corrected chi connectivity index (χ3v) is 10.1. The monoisotopic (exact) mass is 613 g/mol. The van der Waals surface area contributed by atoms with E-state index in [2.05, 4.69) is 102 Å². The molecule has 0 saturated heterocycles. The first-order valence-electron chi connectivity index (χ1n) is 14.4. The molecule has 5 rings (SSSR count). The number of rotatable bonds is 8. The van der Waals surface area contributed by atoms with Gasteiger partial charge in [-0.2, -0.15) is 0 Å². The van der Waals surface area contributed by atoms with Gasteiger partial charge >= 0.3 is 224 Å². The Balaban J connectivity index is 1.23. The SMILES string of the molecule is Cc1ccc(C(C)(C)c2ccc(OC(=O)c3cc[c]([Co](=[O])[c]4ccc(C(C)(C)c5ccc(C)cc5)cc4)cc3)cc2)cc1. The maximum absolute atomic E-state index is 13.3. The summed E-state index contributed by atoms with van der Waals surface area (Å²) in [6.45, 7) is 12.9. The van der Waals surface area contributed by atoms with Gasteiger partial charge in [0.15, 0.2) is 0 Å². The first-order valence-corrected chi connectivity index (χ1v) is 15.9. The first-order chi connectivity index (χ1) is 20.4. The van der Waals surface area contributed by atoms with Crippen molar-refractivity contribution in [3.8, 4) is 5.75 Å². The Morgan fingerprint density at radius 2 is 0.837 bits per heavy atom. The molecule has 0 aliphatic rings. The van der Waals surface area contributed by atoms with E-state index in [9.17, 15) is 8.66 Å². The van der Waals surface area contributed by atoms with E-state index in [4.69, 9.17) is 4.74 Å². The largest absolute Gasteiger partial charge is 0.0590 e. The van der Waals surface area contributed by atoms with Crippen LogP contribution in [0.2, 0.25) is 0 Å². The zero-order valence-corrected chi connectivity index (χ0v) is 26.6. The van der Waals surface area contributed by atoms with Crippen LogP contribution in [-0.4, -0.2) is 5.97 Å². The second kappa shape index (κ2) is 12.2. The molecule has 0 bridgehead atoms. The van der Waals surface area contributed by atoms with Crippen molar-refractivity contribution in [1.82, 2.24) is 0 Å². The molecular weight excluding hydrogens is 575 g/mol.